The Balaban J connectivity index is 1.96. The number of nitrogens with zero attached hydrogens (tertiary/aromatic N) is 2. The van der Waals surface area contributed by atoms with Gasteiger partial charge in [-0.25, -0.2) is 4.98 Å². The zero-order valence-corrected chi connectivity index (χ0v) is 13.2. The van der Waals surface area contributed by atoms with Crippen molar-refractivity contribution in [2.45, 2.75) is 33.2 Å². The van der Waals surface area contributed by atoms with Gasteiger partial charge in [0.15, 0.2) is 0 Å². The van der Waals surface area contributed by atoms with Crippen LogP contribution in [0.2, 0.25) is 0 Å². The van der Waals surface area contributed by atoms with E-state index in [9.17, 15) is 0 Å². The third kappa shape index (κ3) is 4.18. The Bertz CT molecular complexity index is 444. The highest BCUT2D eigenvalue weighted by Gasteiger charge is 2.21. The first kappa shape index (κ1) is 15.3. The van der Waals surface area contributed by atoms with Crippen LogP contribution in [0.15, 0.2) is 6.07 Å². The fourth-order valence-electron chi connectivity index (χ4n) is 2.40. The fourth-order valence-corrected chi connectivity index (χ4v) is 2.40. The summed E-state index contributed by atoms with van der Waals surface area (Å²) in [4.78, 5) is 6.92. The Morgan fingerprint density at radius 1 is 1.40 bits per heavy atom. The Labute approximate surface area is 122 Å². The number of likely N-dealkylation sites (N-methyl/N-ethyl adjacent to an activating group) is 1. The van der Waals surface area contributed by atoms with E-state index >= 15 is 0 Å². The summed E-state index contributed by atoms with van der Waals surface area (Å²) in [5.74, 6) is 1.91. The van der Waals surface area contributed by atoms with Crippen LogP contribution in [0.3, 0.4) is 0 Å². The molecule has 0 atom stereocenters. The van der Waals surface area contributed by atoms with Crippen molar-refractivity contribution in [2.24, 2.45) is 5.92 Å². The maximum absolute atomic E-state index is 5.72. The molecule has 1 aliphatic rings. The molecular formula is C16H27N3O. The van der Waals surface area contributed by atoms with E-state index in [2.05, 4.69) is 37.2 Å². The molecule has 1 saturated carbocycles. The van der Waals surface area contributed by atoms with Gasteiger partial charge in [0.2, 0.25) is 0 Å². The average Bonchev–Trinajstić information content (AvgIpc) is 3.21. The minimum absolute atomic E-state index is 0.778. The van der Waals surface area contributed by atoms with E-state index in [0.29, 0.717) is 0 Å². The number of aromatic nitrogens is 1. The monoisotopic (exact) mass is 277 g/mol. The van der Waals surface area contributed by atoms with Gasteiger partial charge < -0.3 is 15.0 Å². The van der Waals surface area contributed by atoms with Gasteiger partial charge in [0, 0.05) is 38.0 Å². The van der Waals surface area contributed by atoms with Crippen molar-refractivity contribution in [2.75, 3.05) is 38.8 Å². The summed E-state index contributed by atoms with van der Waals surface area (Å²) in [6.45, 7) is 7.65. The first-order valence-corrected chi connectivity index (χ1v) is 7.52. The number of pyridine rings is 1. The molecule has 0 spiro atoms. The molecule has 112 valence electrons. The second-order valence-corrected chi connectivity index (χ2v) is 5.85. The second kappa shape index (κ2) is 7.04. The summed E-state index contributed by atoms with van der Waals surface area (Å²) < 4.78 is 5.72. The Hall–Kier alpha value is -1.13. The summed E-state index contributed by atoms with van der Waals surface area (Å²) in [5, 5.41) is 3.23. The number of hydrogen-bond acceptors (Lipinski definition) is 4. The first-order chi connectivity index (χ1) is 9.61. The molecule has 0 amide bonds. The molecule has 1 heterocycles. The molecule has 0 bridgehead atoms. The van der Waals surface area contributed by atoms with E-state index in [1.807, 2.05) is 7.05 Å². The zero-order valence-electron chi connectivity index (χ0n) is 13.2. The molecule has 0 aliphatic heterocycles. The van der Waals surface area contributed by atoms with Gasteiger partial charge in [0.05, 0.1) is 6.61 Å². The van der Waals surface area contributed by atoms with Crippen molar-refractivity contribution in [3.8, 4) is 0 Å². The van der Waals surface area contributed by atoms with E-state index in [4.69, 9.17) is 9.72 Å². The predicted molar refractivity (Wildman–Crippen MR) is 83.3 cm³/mol. The lowest BCUT2D eigenvalue weighted by atomic mass is 10.1. The number of ether oxygens (including phenoxy) is 1. The SMILES string of the molecule is CNCc1c(C)cc(C)nc1N(C)CCOCC1CC1. The molecule has 1 aromatic heterocycles. The molecule has 4 nitrogen and oxygen atoms in total. The van der Waals surface area contributed by atoms with E-state index in [1.165, 1.54) is 24.0 Å². The third-order valence-corrected chi connectivity index (χ3v) is 3.79. The number of hydrogen-bond donors (Lipinski definition) is 1. The topological polar surface area (TPSA) is 37.4 Å². The Kier molecular flexibility index (Phi) is 5.38. The predicted octanol–water partition coefficient (Wildman–Crippen LogP) is 2.28. The number of aryl methyl sites for hydroxylation is 2. The van der Waals surface area contributed by atoms with Crippen molar-refractivity contribution in [1.82, 2.24) is 10.3 Å². The lowest BCUT2D eigenvalue weighted by molar-refractivity contribution is 0.130. The molecule has 20 heavy (non-hydrogen) atoms. The quantitative estimate of drug-likeness (QED) is 0.740. The molecule has 0 saturated heterocycles. The molecule has 1 aliphatic carbocycles. The molecule has 1 N–H and O–H groups in total. The van der Waals surface area contributed by atoms with Crippen molar-refractivity contribution in [3.63, 3.8) is 0 Å². The van der Waals surface area contributed by atoms with Crippen LogP contribution in [0, 0.1) is 19.8 Å². The van der Waals surface area contributed by atoms with Gasteiger partial charge in [-0.05, 0) is 51.3 Å². The summed E-state index contributed by atoms with van der Waals surface area (Å²) in [7, 11) is 4.07. The van der Waals surface area contributed by atoms with Crippen molar-refractivity contribution >= 4 is 5.82 Å². The summed E-state index contributed by atoms with van der Waals surface area (Å²) in [6, 6.07) is 2.15. The van der Waals surface area contributed by atoms with E-state index in [1.54, 1.807) is 0 Å². The maximum Gasteiger partial charge on any atom is 0.133 e. The highest BCUT2D eigenvalue weighted by Crippen LogP contribution is 2.28. The highest BCUT2D eigenvalue weighted by molar-refractivity contribution is 5.51. The smallest absolute Gasteiger partial charge is 0.133 e. The van der Waals surface area contributed by atoms with Crippen molar-refractivity contribution in [1.29, 1.82) is 0 Å². The van der Waals surface area contributed by atoms with Crippen LogP contribution >= 0.6 is 0 Å². The van der Waals surface area contributed by atoms with Gasteiger partial charge in [-0.3, -0.25) is 0 Å². The molecular weight excluding hydrogens is 250 g/mol. The van der Waals surface area contributed by atoms with Crippen LogP contribution in [0.1, 0.15) is 29.7 Å². The van der Waals surface area contributed by atoms with E-state index in [-0.39, 0.29) is 0 Å². The van der Waals surface area contributed by atoms with E-state index < -0.39 is 0 Å². The summed E-state index contributed by atoms with van der Waals surface area (Å²) in [6.07, 6.45) is 2.70. The molecule has 0 aromatic carbocycles. The number of anilines is 1. The highest BCUT2D eigenvalue weighted by atomic mass is 16.5. The van der Waals surface area contributed by atoms with Crippen molar-refractivity contribution < 1.29 is 4.74 Å². The van der Waals surface area contributed by atoms with Gasteiger partial charge >= 0.3 is 0 Å². The largest absolute Gasteiger partial charge is 0.379 e. The Morgan fingerprint density at radius 2 is 2.15 bits per heavy atom. The van der Waals surface area contributed by atoms with Crippen molar-refractivity contribution in [3.05, 3.63) is 22.9 Å². The second-order valence-electron chi connectivity index (χ2n) is 5.85. The molecule has 1 aromatic rings. The van der Waals surface area contributed by atoms with Crippen LogP contribution in [-0.4, -0.2) is 38.8 Å². The summed E-state index contributed by atoms with van der Waals surface area (Å²) >= 11 is 0. The lowest BCUT2D eigenvalue weighted by Gasteiger charge is -2.23. The normalized spacial score (nSPS) is 14.6. The first-order valence-electron chi connectivity index (χ1n) is 7.52. The van der Waals surface area contributed by atoms with E-state index in [0.717, 1.165) is 43.7 Å². The molecule has 0 unspecified atom stereocenters. The van der Waals surface area contributed by atoms with Crippen LogP contribution < -0.4 is 10.2 Å². The van der Waals surface area contributed by atoms with Crippen LogP contribution in [0.25, 0.3) is 0 Å². The lowest BCUT2D eigenvalue weighted by Crippen LogP contribution is -2.26. The van der Waals surface area contributed by atoms with Gasteiger partial charge in [0.1, 0.15) is 5.82 Å². The van der Waals surface area contributed by atoms with Gasteiger partial charge in [-0.1, -0.05) is 0 Å². The molecule has 1 fully saturated rings. The minimum Gasteiger partial charge on any atom is -0.379 e. The fraction of sp³-hybridized carbons (Fsp3) is 0.688. The molecule has 2 rings (SSSR count). The van der Waals surface area contributed by atoms with Gasteiger partial charge in [-0.15, -0.1) is 0 Å². The third-order valence-electron chi connectivity index (χ3n) is 3.79. The van der Waals surface area contributed by atoms with Gasteiger partial charge in [-0.2, -0.15) is 0 Å². The van der Waals surface area contributed by atoms with Crippen LogP contribution in [-0.2, 0) is 11.3 Å². The van der Waals surface area contributed by atoms with Gasteiger partial charge in [0.25, 0.3) is 0 Å². The molecule has 0 radical (unpaired) electrons. The maximum atomic E-state index is 5.72. The van der Waals surface area contributed by atoms with Crippen LogP contribution in [0.4, 0.5) is 5.82 Å². The van der Waals surface area contributed by atoms with Crippen LogP contribution in [0.5, 0.6) is 0 Å². The average molecular weight is 277 g/mol. The standard InChI is InChI=1S/C16H27N3O/c1-12-9-13(2)18-16(15(12)10-17-3)19(4)7-8-20-11-14-5-6-14/h9,14,17H,5-8,10-11H2,1-4H3. The zero-order chi connectivity index (χ0) is 14.5. The summed E-state index contributed by atoms with van der Waals surface area (Å²) in [5.41, 5.74) is 3.65. The molecule has 4 heteroatoms. The Morgan fingerprint density at radius 3 is 2.80 bits per heavy atom. The number of nitrogens with one attached hydrogen (secondary N) is 1. The minimum atomic E-state index is 0.778. The number of rotatable bonds is 8.